The molecular weight excluding hydrogens is 623 g/mol. The molecule has 4 fully saturated rings. The molecule has 2 saturated heterocycles. The van der Waals surface area contributed by atoms with Gasteiger partial charge in [-0.25, -0.2) is 13.4 Å². The number of nitrogens with one attached hydrogen (secondary N) is 1. The van der Waals surface area contributed by atoms with Crippen LogP contribution in [0.15, 0.2) is 53.7 Å². The first-order valence-corrected chi connectivity index (χ1v) is 17.2. The Morgan fingerprint density at radius 3 is 2.52 bits per heavy atom. The average Bonchev–Trinajstić information content (AvgIpc) is 3.88. The zero-order valence-electron chi connectivity index (χ0n) is 24.0. The van der Waals surface area contributed by atoms with Gasteiger partial charge in [-0.1, -0.05) is 35.3 Å². The number of nitrogens with zero attached hydrogens (tertiary/aromatic N) is 5. The van der Waals surface area contributed by atoms with Crippen molar-refractivity contribution in [1.29, 1.82) is 5.26 Å². The summed E-state index contributed by atoms with van der Waals surface area (Å²) in [5.41, 5.74) is -0.306. The SMILES string of the molecule is N#CC1(NC(=O)C2CC(S(=O)(=O)c3ccc(N4CCN5C=CC[C@H]5C4)cc3Cl)CN2C(=O)C2(c3ccc(Cl)nc3)CC2)CC1. The molecule has 2 saturated carbocycles. The van der Waals surface area contributed by atoms with Gasteiger partial charge in [-0.15, -0.1) is 0 Å². The second kappa shape index (κ2) is 10.6. The maximum absolute atomic E-state index is 14.1. The van der Waals surface area contributed by atoms with Crippen LogP contribution >= 0.6 is 23.2 Å². The molecule has 1 aromatic carbocycles. The van der Waals surface area contributed by atoms with E-state index < -0.39 is 38.0 Å². The summed E-state index contributed by atoms with van der Waals surface area (Å²) in [7, 11) is -4.03. The van der Waals surface area contributed by atoms with Gasteiger partial charge in [0.1, 0.15) is 16.7 Å². The Kier molecular flexibility index (Phi) is 7.11. The smallest absolute Gasteiger partial charge is 0.244 e. The Balaban J connectivity index is 1.15. The van der Waals surface area contributed by atoms with E-state index in [-0.39, 0.29) is 28.8 Å². The number of hydrogen-bond acceptors (Lipinski definition) is 8. The topological polar surface area (TPSA) is 127 Å². The number of amides is 2. The summed E-state index contributed by atoms with van der Waals surface area (Å²) in [5, 5.41) is 11.7. The van der Waals surface area contributed by atoms with Crippen molar-refractivity contribution in [1.82, 2.24) is 20.1 Å². The highest BCUT2D eigenvalue weighted by Gasteiger charge is 2.58. The standard InChI is InChI=1S/C31H32Cl2N6O4S/c32-24-14-21(38-13-12-37-11-1-2-22(37)17-38)4-5-26(24)44(42,43)23-15-25(28(40)36-30(19-34)7-8-30)39(18-23)29(41)31(9-10-31)20-3-6-27(33)35-16-20/h1,3-6,11,14,16,22-23,25H,2,7-10,12-13,15,17-18H2,(H,36,40)/t22-,23?,25?/m0/s1. The van der Waals surface area contributed by atoms with Crippen molar-refractivity contribution in [3.63, 3.8) is 0 Å². The number of aromatic nitrogens is 1. The molecule has 2 aliphatic carbocycles. The number of benzene rings is 1. The lowest BCUT2D eigenvalue weighted by Gasteiger charge is -2.39. The molecule has 3 atom stereocenters. The lowest BCUT2D eigenvalue weighted by molar-refractivity contribution is -0.140. The van der Waals surface area contributed by atoms with E-state index in [0.29, 0.717) is 42.4 Å². The van der Waals surface area contributed by atoms with Gasteiger partial charge in [0.2, 0.25) is 11.8 Å². The molecule has 3 aliphatic heterocycles. The van der Waals surface area contributed by atoms with Crippen molar-refractivity contribution in [3.8, 4) is 6.07 Å². The number of carbonyl (C=O) groups excluding carboxylic acids is 2. The molecule has 0 bridgehead atoms. The molecular formula is C31H32Cl2N6O4S. The maximum atomic E-state index is 14.1. The molecule has 2 unspecified atom stereocenters. The van der Waals surface area contributed by atoms with Crippen molar-refractivity contribution < 1.29 is 18.0 Å². The number of halogens is 2. The predicted octanol–water partition coefficient (Wildman–Crippen LogP) is 3.44. The average molecular weight is 656 g/mol. The number of anilines is 1. The molecule has 230 valence electrons. The minimum atomic E-state index is -4.03. The van der Waals surface area contributed by atoms with Gasteiger partial charge in [-0.3, -0.25) is 9.59 Å². The van der Waals surface area contributed by atoms with Gasteiger partial charge in [0, 0.05) is 44.1 Å². The summed E-state index contributed by atoms with van der Waals surface area (Å²) in [5.74, 6) is -0.828. The van der Waals surface area contributed by atoms with Crippen LogP contribution in [0.5, 0.6) is 0 Å². The molecule has 44 heavy (non-hydrogen) atoms. The lowest BCUT2D eigenvalue weighted by atomic mass is 9.95. The molecule has 2 aromatic rings. The van der Waals surface area contributed by atoms with Crippen molar-refractivity contribution >= 4 is 50.5 Å². The molecule has 10 nitrogen and oxygen atoms in total. The first kappa shape index (κ1) is 29.4. The molecule has 13 heteroatoms. The molecule has 5 aliphatic rings. The van der Waals surface area contributed by atoms with E-state index in [0.717, 1.165) is 31.7 Å². The third kappa shape index (κ3) is 5.01. The van der Waals surface area contributed by atoms with Crippen LogP contribution < -0.4 is 10.2 Å². The fraction of sp³-hybridized carbons (Fsp3) is 0.484. The number of likely N-dealkylation sites (tertiary alicyclic amines) is 1. The lowest BCUT2D eigenvalue weighted by Crippen LogP contribution is -2.51. The minimum Gasteiger partial charge on any atom is -0.371 e. The van der Waals surface area contributed by atoms with E-state index in [1.54, 1.807) is 36.5 Å². The Labute approximate surface area is 266 Å². The van der Waals surface area contributed by atoms with E-state index in [1.165, 1.54) is 4.90 Å². The maximum Gasteiger partial charge on any atom is 0.244 e. The second-order valence-corrected chi connectivity index (χ2v) is 15.6. The van der Waals surface area contributed by atoms with Gasteiger partial charge in [0.15, 0.2) is 9.84 Å². The molecule has 7 rings (SSSR count). The quantitative estimate of drug-likeness (QED) is 0.450. The van der Waals surface area contributed by atoms with Crippen LogP contribution in [0.25, 0.3) is 0 Å². The van der Waals surface area contributed by atoms with Crippen LogP contribution in [0.3, 0.4) is 0 Å². The van der Waals surface area contributed by atoms with Crippen molar-refractivity contribution in [3.05, 3.63) is 64.5 Å². The molecule has 2 amide bonds. The zero-order chi connectivity index (χ0) is 30.9. The van der Waals surface area contributed by atoms with Gasteiger partial charge >= 0.3 is 0 Å². The number of hydrogen-bond donors (Lipinski definition) is 1. The third-order valence-corrected chi connectivity index (χ3v) is 12.7. The monoisotopic (exact) mass is 654 g/mol. The van der Waals surface area contributed by atoms with Gasteiger partial charge in [0.25, 0.3) is 0 Å². The number of piperazine rings is 1. The highest BCUT2D eigenvalue weighted by molar-refractivity contribution is 7.92. The van der Waals surface area contributed by atoms with Crippen LogP contribution in [0.4, 0.5) is 5.69 Å². The number of nitriles is 1. The molecule has 4 heterocycles. The van der Waals surface area contributed by atoms with E-state index in [2.05, 4.69) is 38.4 Å². The molecule has 1 N–H and O–H groups in total. The summed E-state index contributed by atoms with van der Waals surface area (Å²) in [6, 6.07) is 9.89. The summed E-state index contributed by atoms with van der Waals surface area (Å²) >= 11 is 12.6. The fourth-order valence-corrected chi connectivity index (χ4v) is 9.20. The number of pyridine rings is 1. The largest absolute Gasteiger partial charge is 0.371 e. The van der Waals surface area contributed by atoms with E-state index in [1.807, 2.05) is 0 Å². The second-order valence-electron chi connectivity index (χ2n) is 12.6. The predicted molar refractivity (Wildman–Crippen MR) is 165 cm³/mol. The Hall–Kier alpha value is -3.33. The molecule has 0 spiro atoms. The van der Waals surface area contributed by atoms with E-state index in [9.17, 15) is 23.3 Å². The summed E-state index contributed by atoms with van der Waals surface area (Å²) in [6.45, 7) is 2.35. The highest BCUT2D eigenvalue weighted by atomic mass is 35.5. The Morgan fingerprint density at radius 1 is 1.07 bits per heavy atom. The third-order valence-electron chi connectivity index (χ3n) is 9.85. The Bertz CT molecular complexity index is 1700. The number of fused-ring (bicyclic) bond motifs is 1. The van der Waals surface area contributed by atoms with Crippen LogP contribution in [0, 0.1) is 11.3 Å². The molecule has 1 aromatic heterocycles. The van der Waals surface area contributed by atoms with Gasteiger partial charge in [-0.05, 0) is 74.6 Å². The number of sulfone groups is 1. The first-order chi connectivity index (χ1) is 21.0. The van der Waals surface area contributed by atoms with Gasteiger partial charge < -0.3 is 20.0 Å². The summed E-state index contributed by atoms with van der Waals surface area (Å²) < 4.78 is 28.2. The highest BCUT2D eigenvalue weighted by Crippen LogP contribution is 2.51. The van der Waals surface area contributed by atoms with Crippen molar-refractivity contribution in [2.75, 3.05) is 31.1 Å². The number of carbonyl (C=O) groups is 2. The van der Waals surface area contributed by atoms with Gasteiger partial charge in [-0.2, -0.15) is 5.26 Å². The summed E-state index contributed by atoms with van der Waals surface area (Å²) in [6.07, 6.45) is 8.90. The van der Waals surface area contributed by atoms with E-state index in [4.69, 9.17) is 23.2 Å². The summed E-state index contributed by atoms with van der Waals surface area (Å²) in [4.78, 5) is 37.8. The molecule has 0 radical (unpaired) electrons. The first-order valence-electron chi connectivity index (χ1n) is 14.9. The Morgan fingerprint density at radius 2 is 1.86 bits per heavy atom. The van der Waals surface area contributed by atoms with Crippen molar-refractivity contribution in [2.24, 2.45) is 0 Å². The number of rotatable bonds is 7. The normalized spacial score (nSPS) is 26.2. The van der Waals surface area contributed by atoms with Crippen LogP contribution in [0.1, 0.15) is 44.1 Å². The van der Waals surface area contributed by atoms with Crippen LogP contribution in [0.2, 0.25) is 10.2 Å². The van der Waals surface area contributed by atoms with Crippen LogP contribution in [-0.4, -0.2) is 84.1 Å². The van der Waals surface area contributed by atoms with Crippen LogP contribution in [-0.2, 0) is 24.8 Å². The van der Waals surface area contributed by atoms with E-state index >= 15 is 0 Å². The zero-order valence-corrected chi connectivity index (χ0v) is 26.3. The van der Waals surface area contributed by atoms with Crippen molar-refractivity contribution in [2.45, 2.75) is 71.7 Å². The fourth-order valence-electron chi connectivity index (χ4n) is 6.85. The van der Waals surface area contributed by atoms with Gasteiger partial charge in [0.05, 0.1) is 26.7 Å². The minimum absolute atomic E-state index is 0.0127.